The Bertz CT molecular complexity index is 456. The Morgan fingerprint density at radius 3 is 2.40 bits per heavy atom. The predicted molar refractivity (Wildman–Crippen MR) is 39.2 cm³/mol. The molecule has 1 aromatic heterocycles. The summed E-state index contributed by atoms with van der Waals surface area (Å²) in [5, 5.41) is -1.40. The van der Waals surface area contributed by atoms with Crippen molar-refractivity contribution in [3.05, 3.63) is 18.3 Å². The summed E-state index contributed by atoms with van der Waals surface area (Å²) in [5.74, 6) is -1.20. The maximum Gasteiger partial charge on any atom is 0.573 e. The maximum absolute atomic E-state index is 12.4. The number of alkyl halides is 3. The van der Waals surface area contributed by atoms with Gasteiger partial charge >= 0.3 is 16.6 Å². The Labute approximate surface area is 81.7 Å². The van der Waals surface area contributed by atoms with E-state index < -0.39 is 27.4 Å². The second kappa shape index (κ2) is 3.65. The van der Waals surface area contributed by atoms with Gasteiger partial charge in [-0.3, -0.25) is 0 Å². The van der Waals surface area contributed by atoms with Gasteiger partial charge in [0, 0.05) is 6.20 Å². The van der Waals surface area contributed by atoms with Crippen LogP contribution in [0.15, 0.2) is 23.4 Å². The van der Waals surface area contributed by atoms with Gasteiger partial charge in [0.1, 0.15) is 0 Å². The van der Waals surface area contributed by atoms with Crippen molar-refractivity contribution in [2.45, 2.75) is 11.4 Å². The van der Waals surface area contributed by atoms with Crippen LogP contribution in [-0.2, 0) is 10.2 Å². The van der Waals surface area contributed by atoms with Crippen LogP contribution in [0.2, 0.25) is 0 Å². The van der Waals surface area contributed by atoms with Crippen LogP contribution in [-0.4, -0.2) is 19.8 Å². The molecule has 1 aromatic rings. The molecule has 0 aromatic carbocycles. The smallest absolute Gasteiger partial charge is 0.403 e. The number of rotatable bonds is 2. The molecule has 0 unspecified atom stereocenters. The summed E-state index contributed by atoms with van der Waals surface area (Å²) in [5.41, 5.74) is 0. The van der Waals surface area contributed by atoms with Crippen LogP contribution in [0.25, 0.3) is 0 Å². The predicted octanol–water partition coefficient (Wildman–Crippen LogP) is 1.64. The molecule has 84 valence electrons. The third-order valence-electron chi connectivity index (χ3n) is 1.19. The molecule has 0 amide bonds. The average Bonchev–Trinajstić information content (AvgIpc) is 1.99. The van der Waals surface area contributed by atoms with Crippen molar-refractivity contribution < 1.29 is 30.2 Å². The number of aromatic nitrogens is 1. The fourth-order valence-electron chi connectivity index (χ4n) is 0.762. The Morgan fingerprint density at radius 2 is 1.93 bits per heavy atom. The number of ether oxygens (including phenoxy) is 1. The molecule has 0 saturated carbocycles. The summed E-state index contributed by atoms with van der Waals surface area (Å²) in [4.78, 5) is 2.95. The van der Waals surface area contributed by atoms with Gasteiger partial charge in [-0.15, -0.1) is 13.2 Å². The molecule has 0 saturated heterocycles. The van der Waals surface area contributed by atoms with Crippen molar-refractivity contribution in [1.29, 1.82) is 0 Å². The standard InChI is InChI=1S/C6H3F4NO3S/c7-6(8,9)14-4-2-1-3-11-5(4)15(10,12)13/h1-3H. The van der Waals surface area contributed by atoms with E-state index in [4.69, 9.17) is 0 Å². The van der Waals surface area contributed by atoms with Crippen molar-refractivity contribution in [2.75, 3.05) is 0 Å². The van der Waals surface area contributed by atoms with Crippen LogP contribution >= 0.6 is 0 Å². The summed E-state index contributed by atoms with van der Waals surface area (Å²) in [6.45, 7) is 0. The Kier molecular flexibility index (Phi) is 2.84. The highest BCUT2D eigenvalue weighted by Crippen LogP contribution is 2.28. The zero-order chi connectivity index (χ0) is 11.7. The van der Waals surface area contributed by atoms with E-state index in [9.17, 15) is 25.5 Å². The zero-order valence-corrected chi connectivity index (χ0v) is 7.64. The van der Waals surface area contributed by atoms with Crippen LogP contribution in [0.4, 0.5) is 17.1 Å². The summed E-state index contributed by atoms with van der Waals surface area (Å²) in [6, 6.07) is 1.63. The van der Waals surface area contributed by atoms with Crippen LogP contribution < -0.4 is 4.74 Å². The number of hydrogen-bond acceptors (Lipinski definition) is 4. The van der Waals surface area contributed by atoms with E-state index >= 15 is 0 Å². The lowest BCUT2D eigenvalue weighted by molar-refractivity contribution is -0.275. The molecule has 4 nitrogen and oxygen atoms in total. The fourth-order valence-corrected chi connectivity index (χ4v) is 1.30. The summed E-state index contributed by atoms with van der Waals surface area (Å²) in [7, 11) is -5.34. The van der Waals surface area contributed by atoms with Crippen molar-refractivity contribution in [3.63, 3.8) is 0 Å². The first-order valence-corrected chi connectivity index (χ1v) is 4.74. The lowest BCUT2D eigenvalue weighted by atomic mass is 10.5. The van der Waals surface area contributed by atoms with E-state index in [2.05, 4.69) is 9.72 Å². The highest BCUT2D eigenvalue weighted by atomic mass is 32.3. The molecule has 1 rings (SSSR count). The minimum absolute atomic E-state index is 0.646. The molecular formula is C6H3F4NO3S. The molecule has 0 bridgehead atoms. The number of nitrogens with zero attached hydrogens (tertiary/aromatic N) is 1. The second-order valence-electron chi connectivity index (χ2n) is 2.29. The van der Waals surface area contributed by atoms with E-state index in [1.54, 1.807) is 0 Å². The lowest BCUT2D eigenvalue weighted by Gasteiger charge is -2.09. The van der Waals surface area contributed by atoms with Crippen molar-refractivity contribution in [1.82, 2.24) is 4.98 Å². The van der Waals surface area contributed by atoms with Gasteiger partial charge in [0.15, 0.2) is 5.75 Å². The molecule has 0 aliphatic rings. The molecule has 0 aliphatic heterocycles. The first-order valence-electron chi connectivity index (χ1n) is 3.35. The molecule has 0 fully saturated rings. The molecule has 9 heteroatoms. The largest absolute Gasteiger partial charge is 0.573 e. The molecule has 0 aliphatic carbocycles. The average molecular weight is 245 g/mol. The fraction of sp³-hybridized carbons (Fsp3) is 0.167. The second-order valence-corrected chi connectivity index (χ2v) is 3.55. The molecule has 15 heavy (non-hydrogen) atoms. The third kappa shape index (κ3) is 3.35. The first-order chi connectivity index (χ1) is 6.70. The molecular weight excluding hydrogens is 242 g/mol. The van der Waals surface area contributed by atoms with Crippen molar-refractivity contribution in [3.8, 4) is 5.75 Å². The van der Waals surface area contributed by atoms with E-state index in [1.165, 1.54) is 0 Å². The zero-order valence-electron chi connectivity index (χ0n) is 6.82. The van der Waals surface area contributed by atoms with Gasteiger partial charge in [0.25, 0.3) is 0 Å². The normalized spacial score (nSPS) is 12.5. The first kappa shape index (κ1) is 11.7. The Hall–Kier alpha value is -1.38. The van der Waals surface area contributed by atoms with Gasteiger partial charge in [-0.05, 0) is 12.1 Å². The number of halogens is 4. The SMILES string of the molecule is O=S(=O)(F)c1ncccc1OC(F)(F)F. The van der Waals surface area contributed by atoms with E-state index in [0.717, 1.165) is 12.3 Å². The molecule has 0 N–H and O–H groups in total. The monoisotopic (exact) mass is 245 g/mol. The molecule has 0 spiro atoms. The minimum Gasteiger partial charge on any atom is -0.403 e. The highest BCUT2D eigenvalue weighted by Gasteiger charge is 2.34. The third-order valence-corrected chi connectivity index (χ3v) is 1.96. The summed E-state index contributed by atoms with van der Waals surface area (Å²) in [6.07, 6.45) is -4.28. The Balaban J connectivity index is 3.20. The van der Waals surface area contributed by atoms with Crippen LogP contribution in [0.5, 0.6) is 5.75 Å². The number of hydrogen-bond donors (Lipinski definition) is 0. The van der Waals surface area contributed by atoms with E-state index in [1.807, 2.05) is 0 Å². The van der Waals surface area contributed by atoms with Crippen LogP contribution in [0.3, 0.4) is 0 Å². The molecule has 1 heterocycles. The summed E-state index contributed by atoms with van der Waals surface area (Å²) < 4.78 is 71.6. The van der Waals surface area contributed by atoms with Crippen LogP contribution in [0.1, 0.15) is 0 Å². The van der Waals surface area contributed by atoms with Gasteiger partial charge < -0.3 is 4.74 Å². The molecule has 0 atom stereocenters. The van der Waals surface area contributed by atoms with E-state index in [-0.39, 0.29) is 0 Å². The topological polar surface area (TPSA) is 56.3 Å². The highest BCUT2D eigenvalue weighted by molar-refractivity contribution is 7.86. The summed E-state index contributed by atoms with van der Waals surface area (Å²) >= 11 is 0. The van der Waals surface area contributed by atoms with E-state index in [0.29, 0.717) is 6.07 Å². The lowest BCUT2D eigenvalue weighted by Crippen LogP contribution is -2.18. The maximum atomic E-state index is 12.4. The minimum atomic E-state index is -5.34. The molecule has 0 radical (unpaired) electrons. The van der Waals surface area contributed by atoms with Crippen molar-refractivity contribution >= 4 is 10.2 Å². The van der Waals surface area contributed by atoms with Gasteiger partial charge in [-0.1, -0.05) is 3.89 Å². The quantitative estimate of drug-likeness (QED) is 0.587. The Morgan fingerprint density at radius 1 is 1.33 bits per heavy atom. The van der Waals surface area contributed by atoms with Gasteiger partial charge in [-0.25, -0.2) is 4.98 Å². The van der Waals surface area contributed by atoms with Gasteiger partial charge in [0.2, 0.25) is 5.03 Å². The van der Waals surface area contributed by atoms with Crippen LogP contribution in [0, 0.1) is 0 Å². The number of pyridine rings is 1. The van der Waals surface area contributed by atoms with Crippen molar-refractivity contribution in [2.24, 2.45) is 0 Å². The van der Waals surface area contributed by atoms with Gasteiger partial charge in [-0.2, -0.15) is 8.42 Å². The van der Waals surface area contributed by atoms with Gasteiger partial charge in [0.05, 0.1) is 0 Å².